The molecule has 96 valence electrons. The molecule has 1 aromatic heterocycles. The Morgan fingerprint density at radius 3 is 2.65 bits per heavy atom. The summed E-state index contributed by atoms with van der Waals surface area (Å²) in [5.74, 6) is 0.701. The van der Waals surface area contributed by atoms with E-state index in [0.717, 1.165) is 31.5 Å². The molecule has 0 bridgehead atoms. The number of ether oxygens (including phenoxy) is 1. The maximum atomic E-state index is 10.9. The number of hydrogen-bond donors (Lipinski definition) is 1. The van der Waals surface area contributed by atoms with Crippen LogP contribution in [0.25, 0.3) is 0 Å². The molecule has 1 aliphatic rings. The highest BCUT2D eigenvalue weighted by atomic mass is 16.5. The highest BCUT2D eigenvalue weighted by molar-refractivity contribution is 5.32. The van der Waals surface area contributed by atoms with Crippen molar-refractivity contribution in [3.8, 4) is 5.75 Å². The van der Waals surface area contributed by atoms with E-state index >= 15 is 0 Å². The van der Waals surface area contributed by atoms with Crippen LogP contribution in [0.1, 0.15) is 45.7 Å². The summed E-state index contributed by atoms with van der Waals surface area (Å²) in [4.78, 5) is 0. The summed E-state index contributed by atoms with van der Waals surface area (Å²) in [6.07, 6.45) is 4.27. The van der Waals surface area contributed by atoms with Crippen molar-refractivity contribution >= 4 is 0 Å². The highest BCUT2D eigenvalue weighted by Gasteiger charge is 2.46. The van der Waals surface area contributed by atoms with E-state index in [1.807, 2.05) is 11.6 Å². The summed E-state index contributed by atoms with van der Waals surface area (Å²) >= 11 is 0. The second-order valence-corrected chi connectivity index (χ2v) is 5.75. The van der Waals surface area contributed by atoms with E-state index < -0.39 is 5.60 Å². The molecule has 0 radical (unpaired) electrons. The molecule has 0 aromatic carbocycles. The molecule has 0 aliphatic heterocycles. The van der Waals surface area contributed by atoms with Gasteiger partial charge in [0.2, 0.25) is 0 Å². The number of methoxy groups -OCH3 is 1. The van der Waals surface area contributed by atoms with Crippen molar-refractivity contribution in [3.63, 3.8) is 0 Å². The van der Waals surface area contributed by atoms with E-state index in [1.54, 1.807) is 13.3 Å². The van der Waals surface area contributed by atoms with Gasteiger partial charge in [0.1, 0.15) is 11.3 Å². The fourth-order valence-electron chi connectivity index (χ4n) is 2.94. The number of hydrogen-bond acceptors (Lipinski definition) is 3. The van der Waals surface area contributed by atoms with Crippen LogP contribution in [-0.4, -0.2) is 22.0 Å². The molecule has 0 saturated heterocycles. The lowest BCUT2D eigenvalue weighted by Gasteiger charge is -2.26. The molecule has 1 atom stereocenters. The zero-order chi connectivity index (χ0) is 12.7. The number of aryl methyl sites for hydroxylation is 1. The van der Waals surface area contributed by atoms with Gasteiger partial charge in [-0.25, -0.2) is 0 Å². The molecule has 17 heavy (non-hydrogen) atoms. The number of rotatable bonds is 3. The second kappa shape index (κ2) is 4.02. The third-order valence-electron chi connectivity index (χ3n) is 3.75. The molecule has 1 aromatic rings. The van der Waals surface area contributed by atoms with Gasteiger partial charge in [-0.05, 0) is 31.6 Å². The van der Waals surface area contributed by atoms with E-state index in [9.17, 15) is 5.11 Å². The Labute approximate surface area is 103 Å². The molecule has 4 heteroatoms. The minimum Gasteiger partial charge on any atom is -0.493 e. The van der Waals surface area contributed by atoms with Crippen LogP contribution in [0.2, 0.25) is 0 Å². The third kappa shape index (κ3) is 2.06. The molecule has 1 aliphatic carbocycles. The Balaban J connectivity index is 2.42. The highest BCUT2D eigenvalue weighted by Crippen LogP contribution is 2.50. The maximum absolute atomic E-state index is 10.9. The fourth-order valence-corrected chi connectivity index (χ4v) is 2.94. The van der Waals surface area contributed by atoms with Gasteiger partial charge in [0.15, 0.2) is 5.75 Å². The fraction of sp³-hybridized carbons (Fsp3) is 0.769. The van der Waals surface area contributed by atoms with Gasteiger partial charge in [-0.2, -0.15) is 5.10 Å². The molecular formula is C13H22N2O2. The molecule has 4 nitrogen and oxygen atoms in total. The van der Waals surface area contributed by atoms with E-state index in [1.165, 1.54) is 0 Å². The van der Waals surface area contributed by atoms with Gasteiger partial charge >= 0.3 is 0 Å². The van der Waals surface area contributed by atoms with E-state index in [0.29, 0.717) is 5.75 Å². The molecule has 0 amide bonds. The van der Waals surface area contributed by atoms with E-state index in [2.05, 4.69) is 18.9 Å². The minimum absolute atomic E-state index is 0.183. The lowest BCUT2D eigenvalue weighted by atomic mass is 9.87. The van der Waals surface area contributed by atoms with Crippen LogP contribution in [0.5, 0.6) is 5.75 Å². The average Bonchev–Trinajstić information content (AvgIpc) is 2.80. The Morgan fingerprint density at radius 2 is 2.18 bits per heavy atom. The zero-order valence-corrected chi connectivity index (χ0v) is 11.2. The average molecular weight is 238 g/mol. The Kier molecular flexibility index (Phi) is 2.94. The number of nitrogens with zero attached hydrogens (tertiary/aromatic N) is 2. The first-order chi connectivity index (χ1) is 7.92. The molecule has 2 rings (SSSR count). The summed E-state index contributed by atoms with van der Waals surface area (Å²) in [5, 5.41) is 15.1. The van der Waals surface area contributed by atoms with Gasteiger partial charge in [0, 0.05) is 6.54 Å². The van der Waals surface area contributed by atoms with Crippen molar-refractivity contribution in [1.82, 2.24) is 9.78 Å². The van der Waals surface area contributed by atoms with E-state index in [-0.39, 0.29) is 5.41 Å². The second-order valence-electron chi connectivity index (χ2n) is 5.75. The summed E-state index contributed by atoms with van der Waals surface area (Å²) < 4.78 is 7.18. The van der Waals surface area contributed by atoms with Crippen molar-refractivity contribution < 1.29 is 9.84 Å². The predicted molar refractivity (Wildman–Crippen MR) is 66.0 cm³/mol. The SMILES string of the molecule is CCn1ncc(OC)c1C1(O)CCC(C)(C)C1. The van der Waals surface area contributed by atoms with Crippen molar-refractivity contribution in [3.05, 3.63) is 11.9 Å². The van der Waals surface area contributed by atoms with Crippen LogP contribution in [0.3, 0.4) is 0 Å². The topological polar surface area (TPSA) is 47.3 Å². The lowest BCUT2D eigenvalue weighted by molar-refractivity contribution is 0.0226. The molecule has 1 saturated carbocycles. The molecular weight excluding hydrogens is 216 g/mol. The van der Waals surface area contributed by atoms with Gasteiger partial charge in [-0.15, -0.1) is 0 Å². The largest absolute Gasteiger partial charge is 0.493 e. The van der Waals surface area contributed by atoms with Crippen LogP contribution in [0.4, 0.5) is 0 Å². The minimum atomic E-state index is -0.790. The summed E-state index contributed by atoms with van der Waals surface area (Å²) in [7, 11) is 1.63. The number of aliphatic hydroxyl groups is 1. The maximum Gasteiger partial charge on any atom is 0.162 e. The predicted octanol–water partition coefficient (Wildman–Crippen LogP) is 2.31. The van der Waals surface area contributed by atoms with Crippen LogP contribution in [0, 0.1) is 5.41 Å². The van der Waals surface area contributed by atoms with Crippen LogP contribution >= 0.6 is 0 Å². The van der Waals surface area contributed by atoms with Gasteiger partial charge in [-0.3, -0.25) is 4.68 Å². The Morgan fingerprint density at radius 1 is 1.47 bits per heavy atom. The first kappa shape index (κ1) is 12.4. The molecule has 1 N–H and O–H groups in total. The van der Waals surface area contributed by atoms with Crippen LogP contribution in [0.15, 0.2) is 6.20 Å². The van der Waals surface area contributed by atoms with Crippen molar-refractivity contribution in [2.24, 2.45) is 5.41 Å². The number of aromatic nitrogens is 2. The normalized spacial score (nSPS) is 27.4. The summed E-state index contributed by atoms with van der Waals surface area (Å²) in [6.45, 7) is 7.18. The van der Waals surface area contributed by atoms with Crippen LogP contribution < -0.4 is 4.74 Å². The molecule has 1 fully saturated rings. The lowest BCUT2D eigenvalue weighted by Crippen LogP contribution is -2.27. The smallest absolute Gasteiger partial charge is 0.162 e. The Bertz CT molecular complexity index is 390. The molecule has 1 unspecified atom stereocenters. The van der Waals surface area contributed by atoms with Crippen molar-refractivity contribution in [1.29, 1.82) is 0 Å². The summed E-state index contributed by atoms with van der Waals surface area (Å²) in [6, 6.07) is 0. The van der Waals surface area contributed by atoms with Gasteiger partial charge in [-0.1, -0.05) is 13.8 Å². The van der Waals surface area contributed by atoms with Gasteiger partial charge < -0.3 is 9.84 Å². The first-order valence-corrected chi connectivity index (χ1v) is 6.24. The monoisotopic (exact) mass is 238 g/mol. The quantitative estimate of drug-likeness (QED) is 0.879. The van der Waals surface area contributed by atoms with Crippen LogP contribution in [-0.2, 0) is 12.1 Å². The summed E-state index contributed by atoms with van der Waals surface area (Å²) in [5.41, 5.74) is 0.234. The Hall–Kier alpha value is -1.03. The van der Waals surface area contributed by atoms with Crippen molar-refractivity contribution in [2.75, 3.05) is 7.11 Å². The zero-order valence-electron chi connectivity index (χ0n) is 11.2. The van der Waals surface area contributed by atoms with Gasteiger partial charge in [0.25, 0.3) is 0 Å². The molecule has 1 heterocycles. The van der Waals surface area contributed by atoms with E-state index in [4.69, 9.17) is 4.74 Å². The molecule has 0 spiro atoms. The standard InChI is InChI=1S/C13H22N2O2/c1-5-15-11(10(17-4)8-14-15)13(16)7-6-12(2,3)9-13/h8,16H,5-7,9H2,1-4H3. The van der Waals surface area contributed by atoms with Crippen molar-refractivity contribution in [2.45, 2.75) is 52.2 Å². The first-order valence-electron chi connectivity index (χ1n) is 6.24. The third-order valence-corrected chi connectivity index (χ3v) is 3.75. The van der Waals surface area contributed by atoms with Gasteiger partial charge in [0.05, 0.1) is 13.3 Å².